The Labute approximate surface area is 169 Å². The van der Waals surface area contributed by atoms with E-state index in [0.717, 1.165) is 6.42 Å². The largest absolute Gasteiger partial charge is 0.370 e. The number of anilines is 3. The third kappa shape index (κ3) is 6.14. The van der Waals surface area contributed by atoms with Crippen LogP contribution in [-0.4, -0.2) is 28.3 Å². The van der Waals surface area contributed by atoms with Crippen molar-refractivity contribution in [2.45, 2.75) is 20.3 Å². The molecule has 1 aromatic heterocycles. The SMILES string of the molecule is CC(=O)Nc1ccc(NC(=O)c2cc(NCCc3ccccc3)nc(C)n2)cc1. The second-order valence-corrected chi connectivity index (χ2v) is 6.56. The van der Waals surface area contributed by atoms with Crippen molar-refractivity contribution < 1.29 is 9.59 Å². The van der Waals surface area contributed by atoms with E-state index in [2.05, 4.69) is 38.1 Å². The zero-order valence-corrected chi connectivity index (χ0v) is 16.4. The van der Waals surface area contributed by atoms with Gasteiger partial charge < -0.3 is 16.0 Å². The maximum absolute atomic E-state index is 12.6. The van der Waals surface area contributed by atoms with Crippen molar-refractivity contribution in [1.82, 2.24) is 9.97 Å². The first-order valence-electron chi connectivity index (χ1n) is 9.32. The number of aryl methyl sites for hydroxylation is 1. The number of aromatic nitrogens is 2. The molecule has 148 valence electrons. The van der Waals surface area contributed by atoms with Gasteiger partial charge in [-0.05, 0) is 43.2 Å². The molecule has 0 atom stereocenters. The van der Waals surface area contributed by atoms with Crippen LogP contribution in [0.5, 0.6) is 0 Å². The van der Waals surface area contributed by atoms with Crippen molar-refractivity contribution in [3.05, 3.63) is 77.7 Å². The van der Waals surface area contributed by atoms with Gasteiger partial charge in [-0.1, -0.05) is 30.3 Å². The molecular formula is C22H23N5O2. The van der Waals surface area contributed by atoms with Gasteiger partial charge in [0.15, 0.2) is 0 Å². The highest BCUT2D eigenvalue weighted by molar-refractivity contribution is 6.03. The summed E-state index contributed by atoms with van der Waals surface area (Å²) in [6, 6.07) is 18.7. The lowest BCUT2D eigenvalue weighted by atomic mass is 10.1. The molecule has 2 aromatic carbocycles. The first kappa shape index (κ1) is 20.0. The molecule has 3 N–H and O–H groups in total. The Balaban J connectivity index is 1.62. The quantitative estimate of drug-likeness (QED) is 0.573. The van der Waals surface area contributed by atoms with Crippen LogP contribution in [0.25, 0.3) is 0 Å². The van der Waals surface area contributed by atoms with Gasteiger partial charge in [0.25, 0.3) is 5.91 Å². The van der Waals surface area contributed by atoms with Crippen molar-refractivity contribution in [2.75, 3.05) is 22.5 Å². The highest BCUT2D eigenvalue weighted by Crippen LogP contribution is 2.15. The van der Waals surface area contributed by atoms with E-state index in [1.54, 1.807) is 37.3 Å². The van der Waals surface area contributed by atoms with Crippen LogP contribution in [0.3, 0.4) is 0 Å². The number of nitrogens with one attached hydrogen (secondary N) is 3. The summed E-state index contributed by atoms with van der Waals surface area (Å²) in [6.07, 6.45) is 0.853. The van der Waals surface area contributed by atoms with Crippen LogP contribution in [0.2, 0.25) is 0 Å². The Kier molecular flexibility index (Phi) is 6.52. The van der Waals surface area contributed by atoms with E-state index in [1.165, 1.54) is 12.5 Å². The lowest BCUT2D eigenvalue weighted by molar-refractivity contribution is -0.114. The number of nitrogens with zero attached hydrogens (tertiary/aromatic N) is 2. The molecule has 3 rings (SSSR count). The van der Waals surface area contributed by atoms with E-state index in [-0.39, 0.29) is 17.5 Å². The molecule has 0 bridgehead atoms. The Morgan fingerprint density at radius 1 is 0.897 bits per heavy atom. The lowest BCUT2D eigenvalue weighted by Gasteiger charge is -2.10. The van der Waals surface area contributed by atoms with Gasteiger partial charge >= 0.3 is 0 Å². The Bertz CT molecular complexity index is 988. The van der Waals surface area contributed by atoms with Crippen molar-refractivity contribution in [3.63, 3.8) is 0 Å². The molecule has 0 aliphatic rings. The maximum Gasteiger partial charge on any atom is 0.274 e. The van der Waals surface area contributed by atoms with E-state index in [1.807, 2.05) is 18.2 Å². The molecule has 7 nitrogen and oxygen atoms in total. The van der Waals surface area contributed by atoms with E-state index in [4.69, 9.17) is 0 Å². The number of amides is 2. The molecule has 29 heavy (non-hydrogen) atoms. The Morgan fingerprint density at radius 2 is 1.55 bits per heavy atom. The summed E-state index contributed by atoms with van der Waals surface area (Å²) in [5.74, 6) is 0.653. The first-order chi connectivity index (χ1) is 14.0. The summed E-state index contributed by atoms with van der Waals surface area (Å²) in [5.41, 5.74) is 2.79. The molecule has 0 radical (unpaired) electrons. The fourth-order valence-electron chi connectivity index (χ4n) is 2.79. The van der Waals surface area contributed by atoms with E-state index in [0.29, 0.717) is 29.6 Å². The molecule has 7 heteroatoms. The predicted octanol–water partition coefficient (Wildman–Crippen LogP) is 3.65. The van der Waals surface area contributed by atoms with Crippen LogP contribution >= 0.6 is 0 Å². The Morgan fingerprint density at radius 3 is 2.21 bits per heavy atom. The van der Waals surface area contributed by atoms with Gasteiger partial charge in [0, 0.05) is 30.9 Å². The topological polar surface area (TPSA) is 96.0 Å². The number of benzene rings is 2. The second kappa shape index (κ2) is 9.45. The van der Waals surface area contributed by atoms with Crippen LogP contribution < -0.4 is 16.0 Å². The molecule has 1 heterocycles. The van der Waals surface area contributed by atoms with Crippen LogP contribution in [0.1, 0.15) is 28.8 Å². The second-order valence-electron chi connectivity index (χ2n) is 6.56. The average molecular weight is 389 g/mol. The van der Waals surface area contributed by atoms with E-state index < -0.39 is 0 Å². The van der Waals surface area contributed by atoms with Gasteiger partial charge in [0.2, 0.25) is 5.91 Å². The average Bonchev–Trinajstić information content (AvgIpc) is 2.69. The standard InChI is InChI=1S/C22H23N5O2/c1-15-24-20(14-21(25-15)23-13-12-17-6-4-3-5-7-17)22(29)27-19-10-8-18(9-11-19)26-16(2)28/h3-11,14H,12-13H2,1-2H3,(H,26,28)(H,27,29)(H,23,24,25). The monoisotopic (exact) mass is 389 g/mol. The molecule has 0 aliphatic carbocycles. The summed E-state index contributed by atoms with van der Waals surface area (Å²) in [7, 11) is 0. The maximum atomic E-state index is 12.6. The summed E-state index contributed by atoms with van der Waals surface area (Å²) >= 11 is 0. The lowest BCUT2D eigenvalue weighted by Crippen LogP contribution is -2.16. The van der Waals surface area contributed by atoms with Gasteiger partial charge in [-0.15, -0.1) is 0 Å². The summed E-state index contributed by atoms with van der Waals surface area (Å²) in [5, 5.41) is 8.74. The molecule has 0 spiro atoms. The molecule has 2 amide bonds. The van der Waals surface area contributed by atoms with Gasteiger partial charge in [-0.3, -0.25) is 9.59 Å². The predicted molar refractivity (Wildman–Crippen MR) is 114 cm³/mol. The summed E-state index contributed by atoms with van der Waals surface area (Å²) < 4.78 is 0. The van der Waals surface area contributed by atoms with Gasteiger partial charge in [-0.25, -0.2) is 9.97 Å². The fraction of sp³-hybridized carbons (Fsp3) is 0.182. The van der Waals surface area contributed by atoms with Crippen LogP contribution in [0.4, 0.5) is 17.2 Å². The number of hydrogen-bond acceptors (Lipinski definition) is 5. The molecule has 0 saturated carbocycles. The Hall–Kier alpha value is -3.74. The third-order valence-corrected chi connectivity index (χ3v) is 4.10. The number of hydrogen-bond donors (Lipinski definition) is 3. The summed E-state index contributed by atoms with van der Waals surface area (Å²) in [6.45, 7) is 3.89. The smallest absolute Gasteiger partial charge is 0.274 e. The third-order valence-electron chi connectivity index (χ3n) is 4.10. The minimum absolute atomic E-state index is 0.148. The molecule has 0 aliphatic heterocycles. The van der Waals surface area contributed by atoms with Gasteiger partial charge in [0.1, 0.15) is 17.3 Å². The molecule has 0 fully saturated rings. The summed E-state index contributed by atoms with van der Waals surface area (Å²) in [4.78, 5) is 32.2. The van der Waals surface area contributed by atoms with Crippen LogP contribution in [0.15, 0.2) is 60.7 Å². The minimum atomic E-state index is -0.325. The molecule has 0 saturated heterocycles. The number of carbonyl (C=O) groups is 2. The zero-order chi connectivity index (χ0) is 20.6. The van der Waals surface area contributed by atoms with Crippen molar-refractivity contribution in [1.29, 1.82) is 0 Å². The molecule has 3 aromatic rings. The highest BCUT2D eigenvalue weighted by Gasteiger charge is 2.11. The van der Waals surface area contributed by atoms with Crippen molar-refractivity contribution in [3.8, 4) is 0 Å². The molecule has 0 unspecified atom stereocenters. The highest BCUT2D eigenvalue weighted by atomic mass is 16.2. The van der Waals surface area contributed by atoms with E-state index >= 15 is 0 Å². The van der Waals surface area contributed by atoms with Gasteiger partial charge in [0.05, 0.1) is 0 Å². The van der Waals surface area contributed by atoms with Crippen LogP contribution in [0, 0.1) is 6.92 Å². The van der Waals surface area contributed by atoms with E-state index in [9.17, 15) is 9.59 Å². The number of carbonyl (C=O) groups excluding carboxylic acids is 2. The van der Waals surface area contributed by atoms with Crippen molar-refractivity contribution >= 4 is 29.0 Å². The number of rotatable bonds is 7. The van der Waals surface area contributed by atoms with Gasteiger partial charge in [-0.2, -0.15) is 0 Å². The normalized spacial score (nSPS) is 10.3. The fourth-order valence-corrected chi connectivity index (χ4v) is 2.79. The molecular weight excluding hydrogens is 366 g/mol. The first-order valence-corrected chi connectivity index (χ1v) is 9.32. The van der Waals surface area contributed by atoms with Crippen LogP contribution in [-0.2, 0) is 11.2 Å². The minimum Gasteiger partial charge on any atom is -0.370 e. The van der Waals surface area contributed by atoms with Crippen molar-refractivity contribution in [2.24, 2.45) is 0 Å². The zero-order valence-electron chi connectivity index (χ0n) is 16.4.